The van der Waals surface area contributed by atoms with Gasteiger partial charge in [0.05, 0.1) is 10.7 Å². The number of rotatable bonds is 3. The van der Waals surface area contributed by atoms with E-state index in [1.165, 1.54) is 12.1 Å². The van der Waals surface area contributed by atoms with Gasteiger partial charge in [-0.2, -0.15) is 0 Å². The van der Waals surface area contributed by atoms with E-state index < -0.39 is 0 Å². The first-order valence-electron chi connectivity index (χ1n) is 7.21. The lowest BCUT2D eigenvalue weighted by Gasteiger charge is -2.05. The Balaban J connectivity index is 1.68. The van der Waals surface area contributed by atoms with Crippen LogP contribution in [0.15, 0.2) is 60.7 Å². The fourth-order valence-electron chi connectivity index (χ4n) is 2.67. The zero-order chi connectivity index (χ0) is 16.0. The van der Waals surface area contributed by atoms with Gasteiger partial charge in [-0.1, -0.05) is 71.4 Å². The summed E-state index contributed by atoms with van der Waals surface area (Å²) in [6.45, 7) is 0. The summed E-state index contributed by atoms with van der Waals surface area (Å²) in [5.74, 6) is 0.599. The molecule has 1 aliphatic heterocycles. The highest BCUT2D eigenvalue weighted by Crippen LogP contribution is 2.50. The van der Waals surface area contributed by atoms with Gasteiger partial charge in [-0.05, 0) is 17.2 Å². The number of halogens is 2. The first-order valence-corrected chi connectivity index (χ1v) is 7.59. The van der Waals surface area contributed by atoms with Crippen LogP contribution in [0.2, 0.25) is 5.02 Å². The summed E-state index contributed by atoms with van der Waals surface area (Å²) >= 11 is 6.29. The van der Waals surface area contributed by atoms with Crippen LogP contribution in [0.25, 0.3) is 22.4 Å². The second kappa shape index (κ2) is 5.33. The monoisotopic (exact) mass is 325 g/mol. The molecule has 0 bridgehead atoms. The van der Waals surface area contributed by atoms with Gasteiger partial charge in [0.2, 0.25) is 0 Å². The van der Waals surface area contributed by atoms with E-state index in [9.17, 15) is 4.48 Å². The van der Waals surface area contributed by atoms with Gasteiger partial charge in [0.1, 0.15) is 5.69 Å². The molecule has 0 N–H and O–H groups in total. The first kappa shape index (κ1) is 14.2. The normalized spacial score (nSPS) is 12.4. The van der Waals surface area contributed by atoms with E-state index in [4.69, 9.17) is 11.6 Å². The Morgan fingerprint density at radius 3 is 2.22 bits per heavy atom. The molecule has 0 aliphatic carbocycles. The summed E-state index contributed by atoms with van der Waals surface area (Å²) in [6, 6.07) is 19.9. The molecular weight excluding hydrogens is 313 g/mol. The maximum absolute atomic E-state index is 13.3. The zero-order valence-electron chi connectivity index (χ0n) is 12.4. The fraction of sp³-hybridized carbons (Fsp3) is 0.0556. The van der Waals surface area contributed by atoms with E-state index in [1.54, 1.807) is 6.07 Å². The third kappa shape index (κ3) is 2.46. The van der Waals surface area contributed by atoms with Crippen LogP contribution in [0, 0.1) is 0 Å². The van der Waals surface area contributed by atoms with Crippen molar-refractivity contribution in [2.24, 2.45) is 0 Å². The number of pyridine rings is 1. The summed E-state index contributed by atoms with van der Waals surface area (Å²) in [4.78, 5) is 4.45. The lowest BCUT2D eigenvalue weighted by molar-refractivity contribution is 0.0706. The highest BCUT2D eigenvalue weighted by molar-refractivity contribution is 6.33. The predicted octanol–water partition coefficient (Wildman–Crippen LogP) is 5.25. The first-order chi connectivity index (χ1) is 11.1. The number of aromatic nitrogens is 1. The molecule has 1 aliphatic rings. The number of fused-ring (bicyclic) bond motifs is 1. The molecule has 23 heavy (non-hydrogen) atoms. The van der Waals surface area contributed by atoms with Crippen LogP contribution < -0.4 is 5.01 Å². The number of hydrogen-bond donors (Lipinski definition) is 0. The van der Waals surface area contributed by atoms with Gasteiger partial charge in [0, 0.05) is 12.6 Å². The molecule has 114 valence electrons. The molecule has 0 saturated heterocycles. The van der Waals surface area contributed by atoms with Gasteiger partial charge < -0.3 is 0 Å². The number of anilines is 2. The van der Waals surface area contributed by atoms with Gasteiger partial charge >= 0.3 is 0 Å². The zero-order valence-corrected chi connectivity index (χ0v) is 13.1. The number of hydrogen-bond acceptors (Lipinski definition) is 3. The van der Waals surface area contributed by atoms with Crippen LogP contribution in [0.5, 0.6) is 0 Å². The van der Waals surface area contributed by atoms with E-state index in [2.05, 4.69) is 17.1 Å². The Kier molecular flexibility index (Phi) is 3.29. The topological polar surface area (TPSA) is 19.1 Å². The van der Waals surface area contributed by atoms with Crippen molar-refractivity contribution in [3.8, 4) is 22.4 Å². The van der Waals surface area contributed by atoms with Crippen molar-refractivity contribution in [2.75, 3.05) is 12.1 Å². The average Bonchev–Trinajstić information content (AvgIpc) is 3.28. The average molecular weight is 326 g/mol. The molecule has 0 unspecified atom stereocenters. The molecule has 3 aromatic rings. The Hall–Kier alpha value is -2.43. The Morgan fingerprint density at radius 2 is 1.57 bits per heavy atom. The van der Waals surface area contributed by atoms with Gasteiger partial charge in [-0.15, -0.1) is 4.48 Å². The van der Waals surface area contributed by atoms with Gasteiger partial charge in [-0.25, -0.2) is 9.99 Å². The van der Waals surface area contributed by atoms with Crippen LogP contribution in [-0.2, 0) is 0 Å². The van der Waals surface area contributed by atoms with Crippen molar-refractivity contribution < 1.29 is 4.48 Å². The van der Waals surface area contributed by atoms with Crippen molar-refractivity contribution in [1.29, 1.82) is 0 Å². The van der Waals surface area contributed by atoms with E-state index in [0.29, 0.717) is 27.5 Å². The molecule has 1 aromatic heterocycles. The summed E-state index contributed by atoms with van der Waals surface area (Å²) in [6.07, 6.45) is 0. The molecule has 0 spiro atoms. The molecule has 4 rings (SSSR count). The number of benzene rings is 2. The van der Waals surface area contributed by atoms with Crippen molar-refractivity contribution in [2.45, 2.75) is 0 Å². The second-order valence-electron chi connectivity index (χ2n) is 5.36. The number of hydrazine groups is 1. The minimum absolute atomic E-state index is 0.496. The van der Waals surface area contributed by atoms with Crippen molar-refractivity contribution >= 4 is 23.1 Å². The van der Waals surface area contributed by atoms with Crippen molar-refractivity contribution in [1.82, 2.24) is 10.2 Å². The second-order valence-corrected chi connectivity index (χ2v) is 5.77. The fourth-order valence-corrected chi connectivity index (χ4v) is 2.93. The molecule has 0 radical (unpaired) electrons. The van der Waals surface area contributed by atoms with Crippen LogP contribution in [0.1, 0.15) is 0 Å². The van der Waals surface area contributed by atoms with E-state index in [-0.39, 0.29) is 0 Å². The largest absolute Gasteiger partial charge is 0.225 e. The van der Waals surface area contributed by atoms with Crippen molar-refractivity contribution in [3.05, 3.63) is 65.7 Å². The maximum atomic E-state index is 13.3. The van der Waals surface area contributed by atoms with Crippen molar-refractivity contribution in [3.63, 3.8) is 0 Å². The van der Waals surface area contributed by atoms with E-state index in [0.717, 1.165) is 16.7 Å². The summed E-state index contributed by atoms with van der Waals surface area (Å²) in [5.41, 5.74) is 4.55. The quantitative estimate of drug-likeness (QED) is 0.484. The van der Waals surface area contributed by atoms with Crippen LogP contribution in [-0.4, -0.2) is 17.3 Å². The third-order valence-electron chi connectivity index (χ3n) is 3.86. The summed E-state index contributed by atoms with van der Waals surface area (Å²) in [7, 11) is 1.32. The maximum Gasteiger partial charge on any atom is 0.176 e. The van der Waals surface area contributed by atoms with Gasteiger partial charge in [0.25, 0.3) is 0 Å². The minimum Gasteiger partial charge on any atom is -0.225 e. The lowest BCUT2D eigenvalue weighted by atomic mass is 10.0. The Labute approximate surface area is 138 Å². The predicted molar refractivity (Wildman–Crippen MR) is 91.1 cm³/mol. The molecule has 0 saturated carbocycles. The third-order valence-corrected chi connectivity index (χ3v) is 4.14. The van der Waals surface area contributed by atoms with Crippen LogP contribution >= 0.6 is 11.6 Å². The molecule has 2 heterocycles. The van der Waals surface area contributed by atoms with Gasteiger partial charge in [-0.3, -0.25) is 0 Å². The SMILES string of the molecule is CN(F)N1c2cc(Cl)c(-c3ccc(-c4ccccc4)cc3)nc21. The minimum atomic E-state index is 0.496. The highest BCUT2D eigenvalue weighted by Gasteiger charge is 2.37. The summed E-state index contributed by atoms with van der Waals surface area (Å²) < 4.78 is 13.3. The molecular formula is C18H13ClFN3. The standard InChI is InChI=1S/C18H13ClFN3/c1-22(20)23-16-11-15(19)17(21-18(16)23)14-9-7-13(8-10-14)12-5-3-2-4-6-12/h2-11H,1H3. The van der Waals surface area contributed by atoms with Crippen LogP contribution in [0.3, 0.4) is 0 Å². The summed E-state index contributed by atoms with van der Waals surface area (Å²) in [5, 5.41) is 2.38. The Morgan fingerprint density at radius 1 is 0.957 bits per heavy atom. The van der Waals surface area contributed by atoms with Gasteiger partial charge in [0.15, 0.2) is 5.82 Å². The molecule has 2 aromatic carbocycles. The molecule has 0 atom stereocenters. The smallest absolute Gasteiger partial charge is 0.176 e. The highest BCUT2D eigenvalue weighted by atomic mass is 35.5. The lowest BCUT2D eigenvalue weighted by Crippen LogP contribution is -2.16. The molecule has 3 nitrogen and oxygen atoms in total. The number of nitrogens with zero attached hydrogens (tertiary/aromatic N) is 3. The molecule has 0 fully saturated rings. The van der Waals surface area contributed by atoms with E-state index >= 15 is 0 Å². The van der Waals surface area contributed by atoms with E-state index in [1.807, 2.05) is 42.5 Å². The Bertz CT molecular complexity index is 863. The molecule has 0 amide bonds. The van der Waals surface area contributed by atoms with Crippen LogP contribution in [0.4, 0.5) is 16.0 Å². The molecule has 5 heteroatoms.